The predicted molar refractivity (Wildman–Crippen MR) is 137 cm³/mol. The molecular formula is C26H28N2O4S2. The smallest absolute Gasteiger partial charge is 0.339 e. The maximum atomic E-state index is 13.6. The number of hydrogen-bond donors (Lipinski definition) is 0. The molecule has 6 nitrogen and oxygen atoms in total. The Morgan fingerprint density at radius 3 is 2.24 bits per heavy atom. The molecule has 2 aromatic carbocycles. The number of carbonyl (C=O) groups excluding carboxylic acids is 2. The van der Waals surface area contributed by atoms with Gasteiger partial charge in [-0.2, -0.15) is 0 Å². The first kappa shape index (κ1) is 23.3. The van der Waals surface area contributed by atoms with Crippen LogP contribution in [0.3, 0.4) is 0 Å². The third kappa shape index (κ3) is 3.53. The fourth-order valence-electron chi connectivity index (χ4n) is 5.35. The maximum absolute atomic E-state index is 13.6. The lowest BCUT2D eigenvalue weighted by Crippen LogP contribution is -2.58. The van der Waals surface area contributed by atoms with E-state index in [1.54, 1.807) is 11.8 Å². The molecule has 0 bridgehead atoms. The van der Waals surface area contributed by atoms with Gasteiger partial charge in [0.15, 0.2) is 11.4 Å². The number of carbonyl (C=O) groups is 2. The third-order valence-corrected chi connectivity index (χ3v) is 10.6. The highest BCUT2D eigenvalue weighted by atomic mass is 32.2. The molecule has 2 fully saturated rings. The Morgan fingerprint density at radius 2 is 1.62 bits per heavy atom. The van der Waals surface area contributed by atoms with Crippen LogP contribution in [0.25, 0.3) is 0 Å². The van der Waals surface area contributed by atoms with E-state index in [1.165, 1.54) is 26.0 Å². The van der Waals surface area contributed by atoms with Crippen LogP contribution < -0.4 is 4.90 Å². The maximum Gasteiger partial charge on any atom is 0.339 e. The molecule has 34 heavy (non-hydrogen) atoms. The zero-order valence-electron chi connectivity index (χ0n) is 19.5. The van der Waals surface area contributed by atoms with E-state index in [1.807, 2.05) is 54.3 Å². The number of esters is 2. The number of aliphatic imine (C=N–C) groups is 1. The molecule has 3 atom stereocenters. The second kappa shape index (κ2) is 8.96. The third-order valence-electron chi connectivity index (χ3n) is 7.00. The molecule has 8 heteroatoms. The molecule has 3 aliphatic rings. The minimum Gasteiger partial charge on any atom is -0.467 e. The number of nitrogens with zero attached hydrogens (tertiary/aromatic N) is 2. The topological polar surface area (TPSA) is 68.2 Å². The number of hydrogen-bond acceptors (Lipinski definition) is 8. The van der Waals surface area contributed by atoms with E-state index in [9.17, 15) is 9.59 Å². The zero-order valence-corrected chi connectivity index (χ0v) is 21.2. The van der Waals surface area contributed by atoms with Crippen molar-refractivity contribution in [2.45, 2.75) is 53.6 Å². The Kier molecular flexibility index (Phi) is 6.14. The van der Waals surface area contributed by atoms with Gasteiger partial charge in [0, 0.05) is 11.3 Å². The largest absolute Gasteiger partial charge is 0.467 e. The summed E-state index contributed by atoms with van der Waals surface area (Å²) in [5, 5.41) is 0.227. The van der Waals surface area contributed by atoms with Crippen LogP contribution in [0.5, 0.6) is 0 Å². The SMILES string of the molecule is COC(=O)[C@H]1S[C@@]2(SC(c3ccccc3)=NC23CCCC3)[C@@H](C(=O)OC)N1c1ccc(C)cc1. The number of methoxy groups -OCH3 is 2. The minimum atomic E-state index is -0.717. The molecule has 0 unspecified atom stereocenters. The number of anilines is 1. The molecule has 0 aromatic heterocycles. The predicted octanol–water partition coefficient (Wildman–Crippen LogP) is 4.79. The van der Waals surface area contributed by atoms with E-state index in [4.69, 9.17) is 14.5 Å². The van der Waals surface area contributed by atoms with Gasteiger partial charge in [-0.15, -0.1) is 11.8 Å². The van der Waals surface area contributed by atoms with Crippen molar-refractivity contribution in [2.75, 3.05) is 19.1 Å². The van der Waals surface area contributed by atoms with Crippen molar-refractivity contribution in [3.8, 4) is 0 Å². The molecule has 0 amide bonds. The number of rotatable bonds is 4. The number of thioether (sulfide) groups is 2. The molecule has 2 heterocycles. The average Bonchev–Trinajstić information content (AvgIpc) is 3.57. The van der Waals surface area contributed by atoms with Gasteiger partial charge in [-0.3, -0.25) is 4.99 Å². The number of benzene rings is 2. The van der Waals surface area contributed by atoms with Crippen LogP contribution in [0, 0.1) is 6.92 Å². The summed E-state index contributed by atoms with van der Waals surface area (Å²) in [6.07, 6.45) is 3.81. The molecule has 1 aliphatic carbocycles. The molecule has 0 radical (unpaired) electrons. The van der Waals surface area contributed by atoms with Crippen molar-refractivity contribution >= 4 is 46.2 Å². The Morgan fingerprint density at radius 1 is 0.971 bits per heavy atom. The molecule has 178 valence electrons. The minimum absolute atomic E-state index is 0.359. The highest BCUT2D eigenvalue weighted by molar-refractivity contribution is 8.27. The summed E-state index contributed by atoms with van der Waals surface area (Å²) in [6.45, 7) is 2.01. The van der Waals surface area contributed by atoms with Crippen molar-refractivity contribution in [3.05, 3.63) is 65.7 Å². The standard InChI is InChI=1S/C26H28N2O4S2/c1-17-11-13-19(14-12-17)28-20(23(29)31-2)26(34-22(28)24(30)32-3)25(15-7-8-16-25)27-21(33-26)18-9-5-4-6-10-18/h4-6,9-14,20,22H,7-8,15-16H2,1-3H3/t20-,22-,26+/m1/s1. The molecule has 2 spiro atoms. The summed E-state index contributed by atoms with van der Waals surface area (Å²) in [5.41, 5.74) is 2.45. The number of aryl methyl sites for hydroxylation is 1. The molecule has 1 saturated carbocycles. The van der Waals surface area contributed by atoms with Crippen molar-refractivity contribution < 1.29 is 19.1 Å². The van der Waals surface area contributed by atoms with Crippen LogP contribution in [-0.2, 0) is 19.1 Å². The Bertz CT molecular complexity index is 1120. The molecule has 0 N–H and O–H groups in total. The second-order valence-corrected chi connectivity index (χ2v) is 11.8. The molecule has 1 saturated heterocycles. The van der Waals surface area contributed by atoms with Crippen LogP contribution >= 0.6 is 23.5 Å². The van der Waals surface area contributed by atoms with E-state index in [0.29, 0.717) is 0 Å². The highest BCUT2D eigenvalue weighted by Crippen LogP contribution is 2.67. The van der Waals surface area contributed by atoms with Crippen LogP contribution in [0.1, 0.15) is 36.8 Å². The molecular weight excluding hydrogens is 468 g/mol. The summed E-state index contributed by atoms with van der Waals surface area (Å²) in [7, 11) is 2.81. The normalized spacial score (nSPS) is 27.3. The van der Waals surface area contributed by atoms with Crippen molar-refractivity contribution in [3.63, 3.8) is 0 Å². The summed E-state index contributed by atoms with van der Waals surface area (Å²) < 4.78 is 9.91. The first-order valence-electron chi connectivity index (χ1n) is 11.5. The van der Waals surface area contributed by atoms with Crippen molar-refractivity contribution in [1.29, 1.82) is 0 Å². The van der Waals surface area contributed by atoms with Gasteiger partial charge in [-0.25, -0.2) is 9.59 Å². The van der Waals surface area contributed by atoms with Gasteiger partial charge in [-0.1, -0.05) is 72.6 Å². The molecule has 2 aliphatic heterocycles. The molecule has 5 rings (SSSR count). The van der Waals surface area contributed by atoms with Gasteiger partial charge >= 0.3 is 11.9 Å². The highest BCUT2D eigenvalue weighted by Gasteiger charge is 2.71. The average molecular weight is 497 g/mol. The van der Waals surface area contributed by atoms with E-state index in [0.717, 1.165) is 47.5 Å². The summed E-state index contributed by atoms with van der Waals surface area (Å²) in [6, 6.07) is 17.3. The van der Waals surface area contributed by atoms with Gasteiger partial charge in [0.1, 0.15) is 4.08 Å². The summed E-state index contributed by atoms with van der Waals surface area (Å²) in [4.78, 5) is 33.9. The lowest BCUT2D eigenvalue weighted by Gasteiger charge is -2.41. The summed E-state index contributed by atoms with van der Waals surface area (Å²) >= 11 is 3.12. The molecule has 2 aromatic rings. The first-order valence-corrected chi connectivity index (χ1v) is 13.2. The van der Waals surface area contributed by atoms with Crippen LogP contribution in [-0.4, -0.2) is 52.2 Å². The first-order chi connectivity index (χ1) is 16.4. The van der Waals surface area contributed by atoms with Crippen LogP contribution in [0.4, 0.5) is 5.69 Å². The van der Waals surface area contributed by atoms with E-state index in [-0.39, 0.29) is 11.9 Å². The van der Waals surface area contributed by atoms with Gasteiger partial charge < -0.3 is 14.4 Å². The van der Waals surface area contributed by atoms with E-state index in [2.05, 4.69) is 12.1 Å². The van der Waals surface area contributed by atoms with Gasteiger partial charge in [0.2, 0.25) is 0 Å². The van der Waals surface area contributed by atoms with Gasteiger partial charge in [0.25, 0.3) is 0 Å². The Labute approximate surface area is 208 Å². The van der Waals surface area contributed by atoms with Gasteiger partial charge in [0.05, 0.1) is 24.8 Å². The van der Waals surface area contributed by atoms with Crippen molar-refractivity contribution in [2.24, 2.45) is 4.99 Å². The van der Waals surface area contributed by atoms with Crippen molar-refractivity contribution in [1.82, 2.24) is 0 Å². The fourth-order valence-corrected chi connectivity index (χ4v) is 9.27. The van der Waals surface area contributed by atoms with Crippen LogP contribution in [0.2, 0.25) is 0 Å². The lowest BCUT2D eigenvalue weighted by atomic mass is 9.87. The van der Waals surface area contributed by atoms with E-state index < -0.39 is 21.0 Å². The second-order valence-electron chi connectivity index (χ2n) is 8.95. The number of ether oxygens (including phenoxy) is 2. The van der Waals surface area contributed by atoms with Crippen LogP contribution in [0.15, 0.2) is 59.6 Å². The zero-order chi connectivity index (χ0) is 23.9. The van der Waals surface area contributed by atoms with Gasteiger partial charge in [-0.05, 0) is 31.9 Å². The number of fused-ring (bicyclic) bond motifs is 1. The van der Waals surface area contributed by atoms with E-state index >= 15 is 0 Å². The monoisotopic (exact) mass is 496 g/mol. The summed E-state index contributed by atoms with van der Waals surface area (Å²) in [5.74, 6) is -0.735. The quantitative estimate of drug-likeness (QED) is 0.564. The fraction of sp³-hybridized carbons (Fsp3) is 0.423. The Balaban J connectivity index is 1.69. The lowest BCUT2D eigenvalue weighted by molar-refractivity contribution is -0.143. The Hall–Kier alpha value is -2.45.